The van der Waals surface area contributed by atoms with Gasteiger partial charge in [-0.1, -0.05) is 0 Å². The van der Waals surface area contributed by atoms with Crippen molar-refractivity contribution in [3.63, 3.8) is 0 Å². The maximum absolute atomic E-state index is 11.7. The van der Waals surface area contributed by atoms with Crippen LogP contribution in [0.1, 0.15) is 43.5 Å². The number of hydrogen-bond acceptors (Lipinski definition) is 3. The first kappa shape index (κ1) is 10.7. The van der Waals surface area contributed by atoms with E-state index in [0.29, 0.717) is 18.2 Å². The summed E-state index contributed by atoms with van der Waals surface area (Å²) in [6.07, 6.45) is 9.13. The van der Waals surface area contributed by atoms with Gasteiger partial charge in [0.25, 0.3) is 0 Å². The summed E-state index contributed by atoms with van der Waals surface area (Å²) in [5, 5.41) is 2.85. The molecule has 4 heteroatoms. The monoisotopic (exact) mass is 231 g/mol. The molecule has 1 amide bonds. The lowest BCUT2D eigenvalue weighted by molar-refractivity contribution is -0.116. The quantitative estimate of drug-likeness (QED) is 0.866. The summed E-state index contributed by atoms with van der Waals surface area (Å²) in [5.74, 6) is 1.31. The Morgan fingerprint density at radius 3 is 2.82 bits per heavy atom. The molecule has 0 unspecified atom stereocenters. The van der Waals surface area contributed by atoms with Crippen molar-refractivity contribution < 1.29 is 4.79 Å². The van der Waals surface area contributed by atoms with E-state index in [9.17, 15) is 4.79 Å². The van der Waals surface area contributed by atoms with Gasteiger partial charge in [-0.3, -0.25) is 9.78 Å². The second-order valence-corrected chi connectivity index (χ2v) is 5.05. The van der Waals surface area contributed by atoms with Crippen LogP contribution < -0.4 is 5.32 Å². The third kappa shape index (κ3) is 2.62. The highest BCUT2D eigenvalue weighted by molar-refractivity contribution is 5.89. The van der Waals surface area contributed by atoms with E-state index in [0.717, 1.165) is 24.2 Å². The lowest BCUT2D eigenvalue weighted by Gasteiger charge is -2.14. The van der Waals surface area contributed by atoms with Gasteiger partial charge in [-0.2, -0.15) is 0 Å². The smallest absolute Gasteiger partial charge is 0.225 e. The maximum Gasteiger partial charge on any atom is 0.225 e. The van der Waals surface area contributed by atoms with Gasteiger partial charge in [-0.05, 0) is 44.4 Å². The summed E-state index contributed by atoms with van der Waals surface area (Å²) in [6, 6.07) is 0. The number of nitrogens with one attached hydrogen (secondary N) is 1. The molecule has 1 saturated carbocycles. The Labute approximate surface area is 101 Å². The van der Waals surface area contributed by atoms with Gasteiger partial charge in [0.1, 0.15) is 0 Å². The Balaban J connectivity index is 1.67. The summed E-state index contributed by atoms with van der Waals surface area (Å²) in [5.41, 5.74) is 2.18. The summed E-state index contributed by atoms with van der Waals surface area (Å²) < 4.78 is 0. The van der Waals surface area contributed by atoms with Crippen LogP contribution >= 0.6 is 0 Å². The molecule has 0 saturated heterocycles. The van der Waals surface area contributed by atoms with Crippen molar-refractivity contribution in [2.24, 2.45) is 5.92 Å². The minimum atomic E-state index is 0.0811. The summed E-state index contributed by atoms with van der Waals surface area (Å²) >= 11 is 0. The Kier molecular flexibility index (Phi) is 2.79. The third-order valence-corrected chi connectivity index (χ3v) is 3.45. The third-order valence-electron chi connectivity index (χ3n) is 3.45. The second kappa shape index (κ2) is 4.43. The van der Waals surface area contributed by atoms with E-state index in [1.54, 1.807) is 6.20 Å². The number of rotatable bonds is 3. The van der Waals surface area contributed by atoms with Crippen LogP contribution in [-0.4, -0.2) is 15.9 Å². The molecule has 0 radical (unpaired) electrons. The molecule has 2 aliphatic rings. The average Bonchev–Trinajstić information content (AvgIpc) is 3.12. The first-order chi connectivity index (χ1) is 8.31. The van der Waals surface area contributed by atoms with Crippen LogP contribution in [0.15, 0.2) is 6.20 Å². The molecule has 1 fully saturated rings. The molecule has 1 heterocycles. The zero-order chi connectivity index (χ0) is 11.7. The largest absolute Gasteiger partial charge is 0.309 e. The molecule has 2 aliphatic carbocycles. The molecule has 1 aromatic heterocycles. The minimum absolute atomic E-state index is 0.0811. The summed E-state index contributed by atoms with van der Waals surface area (Å²) in [4.78, 5) is 20.5. The average molecular weight is 231 g/mol. The molecule has 0 aliphatic heterocycles. The number of carbonyl (C=O) groups is 1. The number of fused-ring (bicyclic) bond motifs is 1. The maximum atomic E-state index is 11.7. The predicted molar refractivity (Wildman–Crippen MR) is 64.6 cm³/mol. The van der Waals surface area contributed by atoms with E-state index < -0.39 is 0 Å². The molecule has 4 nitrogen and oxygen atoms in total. The van der Waals surface area contributed by atoms with Crippen LogP contribution in [0.3, 0.4) is 0 Å². The van der Waals surface area contributed by atoms with E-state index in [-0.39, 0.29) is 5.91 Å². The number of nitrogens with zero attached hydrogens (tertiary/aromatic N) is 2. The van der Waals surface area contributed by atoms with Crippen molar-refractivity contribution in [1.29, 1.82) is 0 Å². The van der Waals surface area contributed by atoms with Crippen molar-refractivity contribution in [3.05, 3.63) is 17.6 Å². The van der Waals surface area contributed by atoms with Crippen molar-refractivity contribution in [1.82, 2.24) is 9.97 Å². The Morgan fingerprint density at radius 2 is 2.06 bits per heavy atom. The highest BCUT2D eigenvalue weighted by Crippen LogP contribution is 2.32. The SMILES string of the molecule is O=C(CC1CC1)Nc1cnc2c(n1)CCCC2. The normalized spacial score (nSPS) is 18.6. The fraction of sp³-hybridized carbons (Fsp3) is 0.615. The van der Waals surface area contributed by atoms with Crippen LogP contribution in [0.5, 0.6) is 0 Å². The number of amides is 1. The van der Waals surface area contributed by atoms with E-state index in [1.165, 1.54) is 25.7 Å². The summed E-state index contributed by atoms with van der Waals surface area (Å²) in [6.45, 7) is 0. The molecule has 90 valence electrons. The highest BCUT2D eigenvalue weighted by Gasteiger charge is 2.24. The highest BCUT2D eigenvalue weighted by atomic mass is 16.1. The minimum Gasteiger partial charge on any atom is -0.309 e. The van der Waals surface area contributed by atoms with Gasteiger partial charge < -0.3 is 5.32 Å². The molecule has 0 atom stereocenters. The van der Waals surface area contributed by atoms with Gasteiger partial charge in [-0.25, -0.2) is 4.98 Å². The second-order valence-electron chi connectivity index (χ2n) is 5.05. The van der Waals surface area contributed by atoms with E-state index in [1.807, 2.05) is 0 Å². The van der Waals surface area contributed by atoms with E-state index >= 15 is 0 Å². The van der Waals surface area contributed by atoms with Crippen LogP contribution in [0.25, 0.3) is 0 Å². The topological polar surface area (TPSA) is 54.9 Å². The van der Waals surface area contributed by atoms with Gasteiger partial charge >= 0.3 is 0 Å². The summed E-state index contributed by atoms with van der Waals surface area (Å²) in [7, 11) is 0. The standard InChI is InChI=1S/C13H17N3O/c17-13(7-9-5-6-9)16-12-8-14-10-3-1-2-4-11(10)15-12/h8-9H,1-7H2,(H,15,16,17). The molecular weight excluding hydrogens is 214 g/mol. The molecule has 1 aromatic rings. The fourth-order valence-electron chi connectivity index (χ4n) is 2.28. The van der Waals surface area contributed by atoms with Gasteiger partial charge in [-0.15, -0.1) is 0 Å². The van der Waals surface area contributed by atoms with Gasteiger partial charge in [0, 0.05) is 6.42 Å². The molecule has 17 heavy (non-hydrogen) atoms. The molecule has 0 aromatic carbocycles. The Hall–Kier alpha value is -1.45. The first-order valence-electron chi connectivity index (χ1n) is 6.46. The predicted octanol–water partition coefficient (Wildman–Crippen LogP) is 2.09. The molecular formula is C13H17N3O. The Morgan fingerprint density at radius 1 is 1.29 bits per heavy atom. The van der Waals surface area contributed by atoms with Gasteiger partial charge in [0.2, 0.25) is 5.91 Å². The number of hydrogen-bond donors (Lipinski definition) is 1. The van der Waals surface area contributed by atoms with Gasteiger partial charge in [0.15, 0.2) is 5.82 Å². The lowest BCUT2D eigenvalue weighted by Crippen LogP contribution is -2.16. The Bertz CT molecular complexity index is 440. The van der Waals surface area contributed by atoms with Gasteiger partial charge in [0.05, 0.1) is 17.6 Å². The van der Waals surface area contributed by atoms with Crippen molar-refractivity contribution >= 4 is 11.7 Å². The van der Waals surface area contributed by atoms with Crippen molar-refractivity contribution in [3.8, 4) is 0 Å². The zero-order valence-corrected chi connectivity index (χ0v) is 9.91. The van der Waals surface area contributed by atoms with Crippen molar-refractivity contribution in [2.45, 2.75) is 44.9 Å². The number of anilines is 1. The molecule has 0 spiro atoms. The van der Waals surface area contributed by atoms with E-state index in [4.69, 9.17) is 0 Å². The van der Waals surface area contributed by atoms with Crippen LogP contribution in [-0.2, 0) is 17.6 Å². The van der Waals surface area contributed by atoms with Crippen LogP contribution in [0, 0.1) is 5.92 Å². The van der Waals surface area contributed by atoms with Crippen molar-refractivity contribution in [2.75, 3.05) is 5.32 Å². The lowest BCUT2D eigenvalue weighted by atomic mass is 10.0. The number of aromatic nitrogens is 2. The molecule has 0 bridgehead atoms. The molecule has 1 N–H and O–H groups in total. The van der Waals surface area contributed by atoms with Crippen LogP contribution in [0.4, 0.5) is 5.82 Å². The fourth-order valence-corrected chi connectivity index (χ4v) is 2.28. The number of carbonyl (C=O) groups excluding carboxylic acids is 1. The van der Waals surface area contributed by atoms with Crippen LogP contribution in [0.2, 0.25) is 0 Å². The molecule has 3 rings (SSSR count). The zero-order valence-electron chi connectivity index (χ0n) is 9.91. The van der Waals surface area contributed by atoms with E-state index in [2.05, 4.69) is 15.3 Å². The number of aryl methyl sites for hydroxylation is 2. The first-order valence-corrected chi connectivity index (χ1v) is 6.46.